The minimum atomic E-state index is -4.57. The van der Waals surface area contributed by atoms with E-state index in [1.807, 2.05) is 0 Å². The van der Waals surface area contributed by atoms with Crippen LogP contribution in [0.1, 0.15) is 6.42 Å². The molecular formula is C10H13F3N4O. The number of hydrogen-bond acceptors (Lipinski definition) is 3. The summed E-state index contributed by atoms with van der Waals surface area (Å²) in [6.07, 6.45) is -3.28. The maximum Gasteiger partial charge on any atom is 0.404 e. The second-order valence-electron chi connectivity index (χ2n) is 4.34. The number of aromatic nitrogens is 2. The smallest absolute Gasteiger partial charge is 0.315 e. The number of alkyl halides is 3. The normalized spacial score (nSPS) is 24.2. The van der Waals surface area contributed by atoms with Gasteiger partial charge in [0.2, 0.25) is 5.91 Å². The highest BCUT2D eigenvalue weighted by Crippen LogP contribution is 2.43. The monoisotopic (exact) mass is 262 g/mol. The summed E-state index contributed by atoms with van der Waals surface area (Å²) in [5.74, 6) is -0.934. The highest BCUT2D eigenvalue weighted by molar-refractivity contribution is 5.95. The minimum absolute atomic E-state index is 0.123. The van der Waals surface area contributed by atoms with E-state index in [9.17, 15) is 18.0 Å². The molecule has 8 heteroatoms. The molecule has 1 atom stereocenters. The molecule has 1 aliphatic rings. The third-order valence-electron chi connectivity index (χ3n) is 3.09. The van der Waals surface area contributed by atoms with Gasteiger partial charge in [-0.1, -0.05) is 0 Å². The van der Waals surface area contributed by atoms with E-state index >= 15 is 0 Å². The van der Waals surface area contributed by atoms with E-state index in [1.54, 1.807) is 13.2 Å². The summed E-state index contributed by atoms with van der Waals surface area (Å²) in [5.41, 5.74) is -2.36. The molecular weight excluding hydrogens is 249 g/mol. The lowest BCUT2D eigenvalue weighted by atomic mass is 9.85. The van der Waals surface area contributed by atoms with Crippen molar-refractivity contribution in [2.24, 2.45) is 12.5 Å². The van der Waals surface area contributed by atoms with Crippen molar-refractivity contribution in [2.45, 2.75) is 12.6 Å². The fourth-order valence-corrected chi connectivity index (χ4v) is 1.97. The summed E-state index contributed by atoms with van der Waals surface area (Å²) in [4.78, 5) is 11.9. The number of rotatable bonds is 2. The van der Waals surface area contributed by atoms with Gasteiger partial charge in [0.1, 0.15) is 0 Å². The van der Waals surface area contributed by atoms with Gasteiger partial charge >= 0.3 is 6.18 Å². The average Bonchev–Trinajstić information content (AvgIpc) is 2.86. The molecule has 100 valence electrons. The highest BCUT2D eigenvalue weighted by atomic mass is 19.4. The molecule has 2 N–H and O–H groups in total. The molecule has 0 radical (unpaired) electrons. The van der Waals surface area contributed by atoms with E-state index in [-0.39, 0.29) is 18.8 Å². The van der Waals surface area contributed by atoms with Crippen LogP contribution in [-0.4, -0.2) is 35.0 Å². The largest absolute Gasteiger partial charge is 0.404 e. The Hall–Kier alpha value is -1.57. The molecule has 0 aliphatic carbocycles. The maximum absolute atomic E-state index is 13.0. The molecule has 1 aliphatic heterocycles. The Labute approximate surface area is 101 Å². The Morgan fingerprint density at radius 1 is 1.61 bits per heavy atom. The van der Waals surface area contributed by atoms with Crippen molar-refractivity contribution in [3.05, 3.63) is 12.3 Å². The molecule has 2 heterocycles. The molecule has 1 saturated heterocycles. The summed E-state index contributed by atoms with van der Waals surface area (Å²) in [7, 11) is 1.62. The second-order valence-corrected chi connectivity index (χ2v) is 4.34. The molecule has 0 aromatic carbocycles. The van der Waals surface area contributed by atoms with Crippen molar-refractivity contribution < 1.29 is 18.0 Å². The van der Waals surface area contributed by atoms with E-state index in [2.05, 4.69) is 15.7 Å². The number of hydrogen-bond donors (Lipinski definition) is 2. The number of carbonyl (C=O) groups is 1. The van der Waals surface area contributed by atoms with Crippen LogP contribution in [0.5, 0.6) is 0 Å². The van der Waals surface area contributed by atoms with E-state index in [4.69, 9.17) is 0 Å². The number of amides is 1. The number of nitrogens with one attached hydrogen (secondary N) is 2. The van der Waals surface area contributed by atoms with Gasteiger partial charge in [-0.15, -0.1) is 0 Å². The zero-order valence-corrected chi connectivity index (χ0v) is 9.71. The fourth-order valence-electron chi connectivity index (χ4n) is 1.97. The number of nitrogens with zero attached hydrogens (tertiary/aromatic N) is 2. The molecule has 2 rings (SSSR count). The van der Waals surface area contributed by atoms with Gasteiger partial charge in [-0.25, -0.2) is 0 Å². The molecule has 1 unspecified atom stereocenters. The van der Waals surface area contributed by atoms with E-state index < -0.39 is 24.0 Å². The Balaban J connectivity index is 2.20. The number of aryl methyl sites for hydroxylation is 1. The number of halogens is 3. The van der Waals surface area contributed by atoms with E-state index in [1.165, 1.54) is 10.7 Å². The first kappa shape index (κ1) is 12.9. The summed E-state index contributed by atoms with van der Waals surface area (Å²) >= 11 is 0. The second kappa shape index (κ2) is 4.27. The fraction of sp³-hybridized carbons (Fsp3) is 0.600. The van der Waals surface area contributed by atoms with Crippen LogP contribution < -0.4 is 10.6 Å². The lowest BCUT2D eigenvalue weighted by Gasteiger charge is -2.28. The molecule has 0 spiro atoms. The van der Waals surface area contributed by atoms with Crippen molar-refractivity contribution in [1.29, 1.82) is 0 Å². The first-order chi connectivity index (χ1) is 8.35. The average molecular weight is 262 g/mol. The van der Waals surface area contributed by atoms with Crippen molar-refractivity contribution >= 4 is 11.7 Å². The highest BCUT2D eigenvalue weighted by Gasteiger charge is 2.61. The van der Waals surface area contributed by atoms with Crippen molar-refractivity contribution in [3.8, 4) is 0 Å². The van der Waals surface area contributed by atoms with Crippen LogP contribution in [0.25, 0.3) is 0 Å². The first-order valence-corrected chi connectivity index (χ1v) is 5.44. The van der Waals surface area contributed by atoms with Gasteiger partial charge < -0.3 is 10.6 Å². The lowest BCUT2D eigenvalue weighted by molar-refractivity contribution is -0.213. The molecule has 1 amide bonds. The van der Waals surface area contributed by atoms with Crippen LogP contribution in [0.15, 0.2) is 12.3 Å². The van der Waals surface area contributed by atoms with Crippen molar-refractivity contribution in [1.82, 2.24) is 15.1 Å². The lowest BCUT2D eigenvalue weighted by Crippen LogP contribution is -2.49. The van der Waals surface area contributed by atoms with Crippen LogP contribution in [0.4, 0.5) is 19.0 Å². The van der Waals surface area contributed by atoms with Crippen LogP contribution in [0.2, 0.25) is 0 Å². The summed E-state index contributed by atoms with van der Waals surface area (Å²) < 4.78 is 40.5. The standard InChI is InChI=1S/C10H13F3N4O/c1-17-5-2-7(16-17)15-8(18)9(10(11,12)13)3-4-14-6-9/h2,5,14H,3-4,6H2,1H3,(H,15,16,18). The van der Waals surface area contributed by atoms with Gasteiger partial charge in [0, 0.05) is 25.9 Å². The topological polar surface area (TPSA) is 59.0 Å². The molecule has 5 nitrogen and oxygen atoms in total. The zero-order chi connectivity index (χ0) is 13.4. The van der Waals surface area contributed by atoms with Crippen molar-refractivity contribution in [3.63, 3.8) is 0 Å². The SMILES string of the molecule is Cn1ccc(NC(=O)C2(C(F)(F)F)CCNC2)n1. The summed E-state index contributed by atoms with van der Waals surface area (Å²) in [6.45, 7) is -0.218. The third-order valence-corrected chi connectivity index (χ3v) is 3.09. The van der Waals surface area contributed by atoms with Crippen molar-refractivity contribution in [2.75, 3.05) is 18.4 Å². The van der Waals surface area contributed by atoms with Crippen LogP contribution >= 0.6 is 0 Å². The predicted octanol–water partition coefficient (Wildman–Crippen LogP) is 0.901. The Bertz CT molecular complexity index is 448. The summed E-state index contributed by atoms with van der Waals surface area (Å²) in [6, 6.07) is 1.45. The van der Waals surface area contributed by atoms with E-state index in [0.29, 0.717) is 0 Å². The van der Waals surface area contributed by atoms with Gasteiger partial charge in [-0.3, -0.25) is 9.48 Å². The van der Waals surface area contributed by atoms with Crippen LogP contribution in [0.3, 0.4) is 0 Å². The molecule has 18 heavy (non-hydrogen) atoms. The van der Waals surface area contributed by atoms with Gasteiger partial charge in [-0.05, 0) is 13.0 Å². The van der Waals surface area contributed by atoms with Crippen LogP contribution in [0, 0.1) is 5.41 Å². The Morgan fingerprint density at radius 2 is 2.33 bits per heavy atom. The van der Waals surface area contributed by atoms with Gasteiger partial charge in [-0.2, -0.15) is 18.3 Å². The van der Waals surface area contributed by atoms with Crippen LogP contribution in [-0.2, 0) is 11.8 Å². The first-order valence-electron chi connectivity index (χ1n) is 5.44. The van der Waals surface area contributed by atoms with Gasteiger partial charge in [0.05, 0.1) is 0 Å². The zero-order valence-electron chi connectivity index (χ0n) is 9.71. The minimum Gasteiger partial charge on any atom is -0.315 e. The maximum atomic E-state index is 13.0. The van der Waals surface area contributed by atoms with E-state index in [0.717, 1.165) is 0 Å². The molecule has 0 bridgehead atoms. The van der Waals surface area contributed by atoms with Gasteiger partial charge in [0.15, 0.2) is 11.2 Å². The molecule has 1 fully saturated rings. The summed E-state index contributed by atoms with van der Waals surface area (Å²) in [5, 5.41) is 8.64. The van der Waals surface area contributed by atoms with Gasteiger partial charge in [0.25, 0.3) is 0 Å². The molecule has 1 aromatic rings. The Morgan fingerprint density at radius 3 is 2.78 bits per heavy atom. The number of carbonyl (C=O) groups excluding carboxylic acids is 1. The third kappa shape index (κ3) is 2.07. The predicted molar refractivity (Wildman–Crippen MR) is 57.8 cm³/mol. The quantitative estimate of drug-likeness (QED) is 0.832. The molecule has 0 saturated carbocycles. The molecule has 1 aromatic heterocycles. The number of anilines is 1. The Kier molecular flexibility index (Phi) is 3.05.